The second-order valence-electron chi connectivity index (χ2n) is 4.71. The van der Waals surface area contributed by atoms with Crippen LogP contribution in [0.2, 0.25) is 5.02 Å². The number of halogens is 2. The van der Waals surface area contributed by atoms with Crippen LogP contribution in [-0.2, 0) is 10.0 Å². The molecule has 0 aromatic heterocycles. The van der Waals surface area contributed by atoms with Gasteiger partial charge in [0, 0.05) is 0 Å². The van der Waals surface area contributed by atoms with Crippen LogP contribution in [0.5, 0.6) is 0 Å². The van der Waals surface area contributed by atoms with Crippen molar-refractivity contribution in [3.63, 3.8) is 0 Å². The van der Waals surface area contributed by atoms with Gasteiger partial charge in [-0.3, -0.25) is 4.72 Å². The van der Waals surface area contributed by atoms with Crippen molar-refractivity contribution in [1.29, 1.82) is 0 Å². The molecule has 0 heterocycles. The van der Waals surface area contributed by atoms with E-state index in [0.717, 1.165) is 6.07 Å². The lowest BCUT2D eigenvalue weighted by atomic mass is 10.2. The minimum absolute atomic E-state index is 0.0226. The van der Waals surface area contributed by atoms with Crippen molar-refractivity contribution in [2.75, 3.05) is 10.5 Å². The summed E-state index contributed by atoms with van der Waals surface area (Å²) in [4.78, 5) is -0.0226. The molecule has 0 unspecified atom stereocenters. The summed E-state index contributed by atoms with van der Waals surface area (Å²) in [6.07, 6.45) is 0. The first kappa shape index (κ1) is 15.6. The van der Waals surface area contributed by atoms with E-state index in [1.54, 1.807) is 13.8 Å². The lowest BCUT2D eigenvalue weighted by Gasteiger charge is -2.12. The fourth-order valence-electron chi connectivity index (χ4n) is 1.83. The summed E-state index contributed by atoms with van der Waals surface area (Å²) in [7, 11) is -3.87. The second kappa shape index (κ2) is 5.54. The summed E-state index contributed by atoms with van der Waals surface area (Å²) < 4.78 is 40.3. The Morgan fingerprint density at radius 2 is 1.81 bits per heavy atom. The lowest BCUT2D eigenvalue weighted by molar-refractivity contribution is 0.601. The third-order valence-electron chi connectivity index (χ3n) is 3.01. The zero-order valence-electron chi connectivity index (χ0n) is 11.4. The van der Waals surface area contributed by atoms with Crippen molar-refractivity contribution in [2.24, 2.45) is 0 Å². The molecule has 0 bridgehead atoms. The number of sulfonamides is 1. The predicted molar refractivity (Wildman–Crippen MR) is 82.5 cm³/mol. The summed E-state index contributed by atoms with van der Waals surface area (Å²) in [6.45, 7) is 3.34. The van der Waals surface area contributed by atoms with E-state index >= 15 is 0 Å². The van der Waals surface area contributed by atoms with Gasteiger partial charge in [-0.15, -0.1) is 0 Å². The fourth-order valence-corrected chi connectivity index (χ4v) is 3.18. The van der Waals surface area contributed by atoms with Crippen LogP contribution in [0.3, 0.4) is 0 Å². The Kier molecular flexibility index (Phi) is 4.11. The number of rotatable bonds is 3. The molecule has 0 aliphatic carbocycles. The molecular weight excluding hydrogens is 315 g/mol. The molecule has 4 nitrogen and oxygen atoms in total. The van der Waals surface area contributed by atoms with Gasteiger partial charge in [-0.25, -0.2) is 12.8 Å². The maximum absolute atomic E-state index is 13.2. The maximum Gasteiger partial charge on any atom is 0.261 e. The van der Waals surface area contributed by atoms with Crippen molar-refractivity contribution in [2.45, 2.75) is 18.7 Å². The number of benzene rings is 2. The van der Waals surface area contributed by atoms with E-state index in [-0.39, 0.29) is 16.3 Å². The van der Waals surface area contributed by atoms with E-state index in [2.05, 4.69) is 4.72 Å². The number of nitrogens with one attached hydrogen (secondary N) is 1. The van der Waals surface area contributed by atoms with Crippen LogP contribution in [0.1, 0.15) is 11.1 Å². The standard InChI is InChI=1S/C14H14ClFN2O2S/c1-8-3-4-10(16)6-13(8)18-21(19,20)11-5-9(2)14(15)12(17)7-11/h3-7,18H,17H2,1-2H3. The molecule has 112 valence electrons. The van der Waals surface area contributed by atoms with Gasteiger partial charge in [-0.1, -0.05) is 17.7 Å². The highest BCUT2D eigenvalue weighted by atomic mass is 35.5. The summed E-state index contributed by atoms with van der Waals surface area (Å²) in [5.74, 6) is -0.523. The third kappa shape index (κ3) is 3.28. The minimum atomic E-state index is -3.87. The van der Waals surface area contributed by atoms with Crippen LogP contribution in [0, 0.1) is 19.7 Å². The van der Waals surface area contributed by atoms with Crippen LogP contribution in [-0.4, -0.2) is 8.42 Å². The largest absolute Gasteiger partial charge is 0.397 e. The lowest BCUT2D eigenvalue weighted by Crippen LogP contribution is -2.14. The number of nitrogens with two attached hydrogens (primary N) is 1. The Labute approximate surface area is 127 Å². The van der Waals surface area contributed by atoms with Crippen LogP contribution in [0.15, 0.2) is 35.2 Å². The first-order chi connectivity index (χ1) is 9.70. The van der Waals surface area contributed by atoms with E-state index in [1.807, 2.05) is 0 Å². The molecule has 7 heteroatoms. The van der Waals surface area contributed by atoms with Gasteiger partial charge in [-0.05, 0) is 49.2 Å². The van der Waals surface area contributed by atoms with E-state index in [9.17, 15) is 12.8 Å². The molecule has 0 spiro atoms. The van der Waals surface area contributed by atoms with Crippen molar-refractivity contribution in [1.82, 2.24) is 0 Å². The first-order valence-electron chi connectivity index (χ1n) is 6.05. The predicted octanol–water partition coefficient (Wildman–Crippen LogP) is 3.48. The number of hydrogen-bond donors (Lipinski definition) is 2. The van der Waals surface area contributed by atoms with E-state index in [4.69, 9.17) is 17.3 Å². The molecule has 0 saturated carbocycles. The Hall–Kier alpha value is -1.79. The highest BCUT2D eigenvalue weighted by molar-refractivity contribution is 7.92. The van der Waals surface area contributed by atoms with Crippen LogP contribution >= 0.6 is 11.6 Å². The van der Waals surface area contributed by atoms with Crippen LogP contribution in [0.4, 0.5) is 15.8 Å². The highest BCUT2D eigenvalue weighted by Crippen LogP contribution is 2.28. The molecule has 0 fully saturated rings. The number of hydrogen-bond acceptors (Lipinski definition) is 3. The Morgan fingerprint density at radius 1 is 1.14 bits per heavy atom. The molecule has 0 aliphatic heterocycles. The summed E-state index contributed by atoms with van der Waals surface area (Å²) in [6, 6.07) is 6.56. The first-order valence-corrected chi connectivity index (χ1v) is 7.91. The van der Waals surface area contributed by atoms with E-state index in [1.165, 1.54) is 24.3 Å². The van der Waals surface area contributed by atoms with Crippen molar-refractivity contribution in [3.8, 4) is 0 Å². The molecule has 21 heavy (non-hydrogen) atoms. The molecule has 2 aromatic carbocycles. The van der Waals surface area contributed by atoms with Gasteiger partial charge >= 0.3 is 0 Å². The minimum Gasteiger partial charge on any atom is -0.397 e. The van der Waals surface area contributed by atoms with Gasteiger partial charge in [0.15, 0.2) is 0 Å². The fraction of sp³-hybridized carbons (Fsp3) is 0.143. The van der Waals surface area contributed by atoms with Crippen molar-refractivity contribution >= 4 is 33.0 Å². The highest BCUT2D eigenvalue weighted by Gasteiger charge is 2.18. The molecule has 2 aromatic rings. The van der Waals surface area contributed by atoms with Crippen molar-refractivity contribution in [3.05, 3.63) is 52.3 Å². The molecule has 0 saturated heterocycles. The Balaban J connectivity index is 2.46. The number of aryl methyl sites for hydroxylation is 2. The Morgan fingerprint density at radius 3 is 2.43 bits per heavy atom. The molecular formula is C14H14ClFN2O2S. The summed E-state index contributed by atoms with van der Waals surface area (Å²) >= 11 is 5.92. The van der Waals surface area contributed by atoms with Gasteiger partial charge in [0.05, 0.1) is 21.3 Å². The van der Waals surface area contributed by atoms with Crippen LogP contribution < -0.4 is 10.5 Å². The summed E-state index contributed by atoms with van der Waals surface area (Å²) in [5.41, 5.74) is 7.20. The molecule has 0 atom stereocenters. The van der Waals surface area contributed by atoms with Gasteiger partial charge in [0.2, 0.25) is 0 Å². The van der Waals surface area contributed by atoms with E-state index in [0.29, 0.717) is 16.1 Å². The molecule has 3 N–H and O–H groups in total. The van der Waals surface area contributed by atoms with E-state index < -0.39 is 15.8 Å². The van der Waals surface area contributed by atoms with Gasteiger partial charge in [-0.2, -0.15) is 0 Å². The number of nitrogen functional groups attached to an aromatic ring is 1. The van der Waals surface area contributed by atoms with Gasteiger partial charge < -0.3 is 5.73 Å². The van der Waals surface area contributed by atoms with Crippen molar-refractivity contribution < 1.29 is 12.8 Å². The Bertz CT molecular complexity index is 784. The third-order valence-corrected chi connectivity index (χ3v) is 4.87. The molecule has 0 aliphatic rings. The van der Waals surface area contributed by atoms with Gasteiger partial charge in [0.25, 0.3) is 10.0 Å². The average Bonchev–Trinajstić information content (AvgIpc) is 2.39. The maximum atomic E-state index is 13.2. The molecule has 0 radical (unpaired) electrons. The SMILES string of the molecule is Cc1ccc(F)cc1NS(=O)(=O)c1cc(C)c(Cl)c(N)c1. The second-order valence-corrected chi connectivity index (χ2v) is 6.77. The topological polar surface area (TPSA) is 72.2 Å². The monoisotopic (exact) mass is 328 g/mol. The average molecular weight is 329 g/mol. The smallest absolute Gasteiger partial charge is 0.261 e. The van der Waals surface area contributed by atoms with Gasteiger partial charge in [0.1, 0.15) is 5.82 Å². The zero-order chi connectivity index (χ0) is 15.8. The normalized spacial score (nSPS) is 11.4. The quantitative estimate of drug-likeness (QED) is 0.847. The zero-order valence-corrected chi connectivity index (χ0v) is 13.0. The number of anilines is 2. The van der Waals surface area contributed by atoms with Crippen LogP contribution in [0.25, 0.3) is 0 Å². The molecule has 0 amide bonds. The summed E-state index contributed by atoms with van der Waals surface area (Å²) in [5, 5.41) is 0.316. The molecule has 2 rings (SSSR count).